The molecule has 0 unspecified atom stereocenters. The number of benzene rings is 1. The lowest BCUT2D eigenvalue weighted by Gasteiger charge is -2.19. The lowest BCUT2D eigenvalue weighted by Crippen LogP contribution is -2.35. The number of nitrogens with two attached hydrogens (primary N) is 1. The van der Waals surface area contributed by atoms with Crippen LogP contribution < -0.4 is 5.73 Å². The molecule has 18 heavy (non-hydrogen) atoms. The van der Waals surface area contributed by atoms with Gasteiger partial charge in [0, 0.05) is 7.05 Å². The summed E-state index contributed by atoms with van der Waals surface area (Å²) in [7, 11) is -3.40. The number of alkyl halides is 3. The molecular formula is C9H10ClF3N2O2S. The summed E-state index contributed by atoms with van der Waals surface area (Å²) in [5, 5.41) is 0.132. The molecule has 102 valence electrons. The van der Waals surface area contributed by atoms with E-state index in [4.69, 9.17) is 17.3 Å². The van der Waals surface area contributed by atoms with Crippen molar-refractivity contribution in [2.45, 2.75) is 11.1 Å². The quantitative estimate of drug-likeness (QED) is 0.870. The topological polar surface area (TPSA) is 63.4 Å². The van der Waals surface area contributed by atoms with Crippen molar-refractivity contribution in [3.63, 3.8) is 0 Å². The molecule has 0 aliphatic carbocycles. The average molecular weight is 303 g/mol. The van der Waals surface area contributed by atoms with Crippen molar-refractivity contribution in [3.05, 3.63) is 23.2 Å². The van der Waals surface area contributed by atoms with Gasteiger partial charge in [-0.25, -0.2) is 8.42 Å². The van der Waals surface area contributed by atoms with Crippen LogP contribution in [0.3, 0.4) is 0 Å². The first-order valence-corrected chi connectivity index (χ1v) is 6.44. The van der Waals surface area contributed by atoms with Gasteiger partial charge in [0.25, 0.3) is 0 Å². The first-order chi connectivity index (χ1) is 8.04. The highest BCUT2D eigenvalue weighted by atomic mass is 35.5. The van der Waals surface area contributed by atoms with Gasteiger partial charge in [0.15, 0.2) is 0 Å². The Bertz CT molecular complexity index is 545. The highest BCUT2D eigenvalue weighted by Crippen LogP contribution is 2.25. The molecule has 0 aromatic heterocycles. The summed E-state index contributed by atoms with van der Waals surface area (Å²) >= 11 is 5.60. The van der Waals surface area contributed by atoms with Gasteiger partial charge in [-0.3, -0.25) is 0 Å². The summed E-state index contributed by atoms with van der Waals surface area (Å²) in [5.41, 5.74) is 5.39. The number of anilines is 1. The fourth-order valence-corrected chi connectivity index (χ4v) is 2.51. The second kappa shape index (κ2) is 4.94. The SMILES string of the molecule is CN(CC(F)(F)F)S(=O)(=O)c1ccc(Cl)c(N)c1. The van der Waals surface area contributed by atoms with Gasteiger partial charge in [-0.1, -0.05) is 11.6 Å². The van der Waals surface area contributed by atoms with Gasteiger partial charge in [-0.05, 0) is 18.2 Å². The van der Waals surface area contributed by atoms with Crippen LogP contribution in [-0.4, -0.2) is 32.5 Å². The Morgan fingerprint density at radius 1 is 1.39 bits per heavy atom. The molecule has 1 rings (SSSR count). The molecule has 0 saturated heterocycles. The van der Waals surface area contributed by atoms with Crippen LogP contribution in [0.1, 0.15) is 0 Å². The van der Waals surface area contributed by atoms with E-state index in [1.54, 1.807) is 0 Å². The summed E-state index contributed by atoms with van der Waals surface area (Å²) in [6.07, 6.45) is -4.61. The Labute approximate surface area is 107 Å². The van der Waals surface area contributed by atoms with Crippen molar-refractivity contribution in [3.8, 4) is 0 Å². The maximum Gasteiger partial charge on any atom is 0.402 e. The van der Waals surface area contributed by atoms with Crippen LogP contribution in [0.2, 0.25) is 5.02 Å². The smallest absolute Gasteiger partial charge is 0.397 e. The number of nitrogens with zero attached hydrogens (tertiary/aromatic N) is 1. The third kappa shape index (κ3) is 3.50. The molecular weight excluding hydrogens is 293 g/mol. The van der Waals surface area contributed by atoms with Crippen molar-refractivity contribution in [2.75, 3.05) is 19.3 Å². The summed E-state index contributed by atoms with van der Waals surface area (Å²) in [4.78, 5) is -0.337. The maximum absolute atomic E-state index is 12.1. The van der Waals surface area contributed by atoms with E-state index in [9.17, 15) is 21.6 Å². The first-order valence-electron chi connectivity index (χ1n) is 4.62. The van der Waals surface area contributed by atoms with Crippen LogP contribution in [0.15, 0.2) is 23.1 Å². The standard InChI is InChI=1S/C9H10ClF3N2O2S/c1-15(5-9(11,12)13)18(16,17)6-2-3-7(10)8(14)4-6/h2-4H,5,14H2,1H3. The van der Waals surface area contributed by atoms with E-state index in [1.165, 1.54) is 6.07 Å². The molecule has 0 spiro atoms. The average Bonchev–Trinajstić information content (AvgIpc) is 2.19. The highest BCUT2D eigenvalue weighted by Gasteiger charge is 2.34. The van der Waals surface area contributed by atoms with Crippen LogP contribution >= 0.6 is 11.6 Å². The van der Waals surface area contributed by atoms with Crippen LogP contribution in [0.25, 0.3) is 0 Å². The van der Waals surface area contributed by atoms with Gasteiger partial charge in [0.1, 0.15) is 6.54 Å². The summed E-state index contributed by atoms with van der Waals surface area (Å²) in [6.45, 7) is -1.57. The van der Waals surface area contributed by atoms with E-state index in [0.29, 0.717) is 0 Å². The molecule has 0 heterocycles. The number of rotatable bonds is 3. The van der Waals surface area contributed by atoms with Gasteiger partial charge < -0.3 is 5.73 Å². The van der Waals surface area contributed by atoms with E-state index in [2.05, 4.69) is 0 Å². The summed E-state index contributed by atoms with van der Waals surface area (Å²) < 4.78 is 60.2. The first kappa shape index (κ1) is 15.1. The van der Waals surface area contributed by atoms with Crippen LogP contribution in [0.5, 0.6) is 0 Å². The second-order valence-corrected chi connectivity index (χ2v) is 6.01. The Morgan fingerprint density at radius 2 is 1.94 bits per heavy atom. The Balaban J connectivity index is 3.10. The normalized spacial score (nSPS) is 13.0. The van der Waals surface area contributed by atoms with Crippen molar-refractivity contribution in [2.24, 2.45) is 0 Å². The highest BCUT2D eigenvalue weighted by molar-refractivity contribution is 7.89. The molecule has 2 N–H and O–H groups in total. The van der Waals surface area contributed by atoms with Crippen LogP contribution in [0, 0.1) is 0 Å². The largest absolute Gasteiger partial charge is 0.402 e. The lowest BCUT2D eigenvalue weighted by atomic mass is 10.3. The van der Waals surface area contributed by atoms with E-state index in [1.807, 2.05) is 0 Å². The van der Waals surface area contributed by atoms with Gasteiger partial charge >= 0.3 is 6.18 Å². The second-order valence-electron chi connectivity index (χ2n) is 3.56. The molecule has 1 aromatic rings. The zero-order valence-corrected chi connectivity index (χ0v) is 10.8. The molecule has 0 aliphatic heterocycles. The molecule has 0 fully saturated rings. The predicted octanol–water partition coefficient (Wildman–Crippen LogP) is 2.11. The number of hydrogen-bond donors (Lipinski definition) is 1. The Kier molecular flexibility index (Phi) is 4.14. The van der Waals surface area contributed by atoms with Crippen molar-refractivity contribution >= 4 is 27.3 Å². The zero-order valence-electron chi connectivity index (χ0n) is 9.20. The Morgan fingerprint density at radius 3 is 2.39 bits per heavy atom. The number of halogens is 4. The molecule has 9 heteroatoms. The third-order valence-corrected chi connectivity index (χ3v) is 4.22. The van der Waals surface area contributed by atoms with Crippen molar-refractivity contribution < 1.29 is 21.6 Å². The summed E-state index contributed by atoms with van der Waals surface area (Å²) in [5.74, 6) is 0. The summed E-state index contributed by atoms with van der Waals surface area (Å²) in [6, 6.07) is 3.33. The third-order valence-electron chi connectivity index (χ3n) is 2.08. The fraction of sp³-hybridized carbons (Fsp3) is 0.333. The lowest BCUT2D eigenvalue weighted by molar-refractivity contribution is -0.134. The molecule has 0 bridgehead atoms. The van der Waals surface area contributed by atoms with E-state index in [0.717, 1.165) is 19.2 Å². The molecule has 4 nitrogen and oxygen atoms in total. The van der Waals surface area contributed by atoms with Gasteiger partial charge in [-0.2, -0.15) is 17.5 Å². The minimum Gasteiger partial charge on any atom is -0.397 e. The minimum atomic E-state index is -4.61. The van der Waals surface area contributed by atoms with Gasteiger partial charge in [0.05, 0.1) is 15.6 Å². The van der Waals surface area contributed by atoms with Crippen LogP contribution in [0.4, 0.5) is 18.9 Å². The number of hydrogen-bond acceptors (Lipinski definition) is 3. The van der Waals surface area contributed by atoms with E-state index >= 15 is 0 Å². The van der Waals surface area contributed by atoms with Crippen LogP contribution in [-0.2, 0) is 10.0 Å². The molecule has 0 atom stereocenters. The Hall–Kier alpha value is -0.990. The fourth-order valence-electron chi connectivity index (χ4n) is 1.20. The molecule has 0 aliphatic rings. The molecule has 1 aromatic carbocycles. The monoisotopic (exact) mass is 302 g/mol. The van der Waals surface area contributed by atoms with Crippen molar-refractivity contribution in [1.29, 1.82) is 0 Å². The molecule has 0 saturated carbocycles. The molecule has 0 amide bonds. The predicted molar refractivity (Wildman–Crippen MR) is 61.7 cm³/mol. The van der Waals surface area contributed by atoms with Gasteiger partial charge in [-0.15, -0.1) is 0 Å². The number of nitrogen functional groups attached to an aromatic ring is 1. The number of sulfonamides is 1. The van der Waals surface area contributed by atoms with Crippen molar-refractivity contribution in [1.82, 2.24) is 4.31 Å². The van der Waals surface area contributed by atoms with Gasteiger partial charge in [0.2, 0.25) is 10.0 Å². The zero-order chi connectivity index (χ0) is 14.1. The molecule has 0 radical (unpaired) electrons. The van der Waals surface area contributed by atoms with E-state index in [-0.39, 0.29) is 19.9 Å². The minimum absolute atomic E-state index is 0.0156. The van der Waals surface area contributed by atoms with E-state index < -0.39 is 22.7 Å². The maximum atomic E-state index is 12.1.